The smallest absolute Gasteiger partial charge is 0.222 e. The first kappa shape index (κ1) is 20.8. The molecule has 1 aliphatic heterocycles. The van der Waals surface area contributed by atoms with Gasteiger partial charge in [-0.25, -0.2) is 4.98 Å². The van der Waals surface area contributed by atoms with Gasteiger partial charge in [-0.15, -0.1) is 0 Å². The lowest BCUT2D eigenvalue weighted by atomic mass is 9.98. The fraction of sp³-hybridized carbons (Fsp3) is 0.409. The number of benzene rings is 1. The molecule has 1 fully saturated rings. The van der Waals surface area contributed by atoms with E-state index in [-0.39, 0.29) is 6.04 Å². The van der Waals surface area contributed by atoms with Crippen LogP contribution in [0.3, 0.4) is 0 Å². The van der Waals surface area contributed by atoms with Gasteiger partial charge < -0.3 is 16.0 Å². The molecular formula is C22H28BrN7. The SMILES string of the molecule is Cc1c(-c2ccc(Br)c(C3CN(c4cc(C(C)C)nc(N)n4)CCN3)c2)cnn1C. The molecule has 1 saturated heterocycles. The van der Waals surface area contributed by atoms with E-state index in [1.807, 2.05) is 17.9 Å². The number of anilines is 2. The van der Waals surface area contributed by atoms with Crippen molar-refractivity contribution in [2.24, 2.45) is 7.05 Å². The van der Waals surface area contributed by atoms with Gasteiger partial charge in [0, 0.05) is 48.5 Å². The standard InChI is InChI=1S/C22H28BrN7/c1-13(2)19-10-21(28-22(24)27-19)30-8-7-25-20(12-30)16-9-15(5-6-18(16)23)17-11-26-29(4)14(17)3/h5-6,9-11,13,20,25H,7-8,12H2,1-4H3,(H2,24,27,28). The summed E-state index contributed by atoms with van der Waals surface area (Å²) in [6.45, 7) is 8.89. The summed E-state index contributed by atoms with van der Waals surface area (Å²) in [6.07, 6.45) is 1.93. The van der Waals surface area contributed by atoms with Gasteiger partial charge in [-0.05, 0) is 36.1 Å². The number of nitrogens with two attached hydrogens (primary N) is 1. The van der Waals surface area contributed by atoms with Crippen LogP contribution >= 0.6 is 15.9 Å². The highest BCUT2D eigenvalue weighted by molar-refractivity contribution is 9.10. The Morgan fingerprint density at radius 3 is 2.73 bits per heavy atom. The molecular weight excluding hydrogens is 442 g/mol. The monoisotopic (exact) mass is 469 g/mol. The average Bonchev–Trinajstić information content (AvgIpc) is 3.06. The van der Waals surface area contributed by atoms with Crippen LogP contribution in [0.1, 0.15) is 42.8 Å². The van der Waals surface area contributed by atoms with Gasteiger partial charge in [0.25, 0.3) is 0 Å². The van der Waals surface area contributed by atoms with Crippen molar-refractivity contribution in [1.82, 2.24) is 25.1 Å². The molecule has 0 saturated carbocycles. The summed E-state index contributed by atoms with van der Waals surface area (Å²) in [6, 6.07) is 8.75. The van der Waals surface area contributed by atoms with Gasteiger partial charge >= 0.3 is 0 Å². The Bertz CT molecular complexity index is 1060. The highest BCUT2D eigenvalue weighted by Gasteiger charge is 2.25. The molecule has 8 heteroatoms. The van der Waals surface area contributed by atoms with Crippen LogP contribution in [0.2, 0.25) is 0 Å². The Hall–Kier alpha value is -2.45. The molecule has 7 nitrogen and oxygen atoms in total. The topological polar surface area (TPSA) is 84.9 Å². The summed E-state index contributed by atoms with van der Waals surface area (Å²) in [5, 5.41) is 8.05. The highest BCUT2D eigenvalue weighted by Crippen LogP contribution is 2.33. The second-order valence-corrected chi connectivity index (χ2v) is 8.97. The fourth-order valence-corrected chi connectivity index (χ4v) is 4.38. The van der Waals surface area contributed by atoms with Crippen LogP contribution in [-0.4, -0.2) is 39.4 Å². The second kappa shape index (κ2) is 8.35. The maximum atomic E-state index is 5.99. The Labute approximate surface area is 185 Å². The van der Waals surface area contributed by atoms with Gasteiger partial charge in [0.1, 0.15) is 5.82 Å². The molecule has 0 bridgehead atoms. The molecule has 0 aliphatic carbocycles. The fourth-order valence-electron chi connectivity index (χ4n) is 3.86. The van der Waals surface area contributed by atoms with E-state index in [1.54, 1.807) is 0 Å². The van der Waals surface area contributed by atoms with Gasteiger partial charge in [-0.3, -0.25) is 4.68 Å². The number of halogens is 1. The number of piperazine rings is 1. The van der Waals surface area contributed by atoms with Crippen molar-refractivity contribution in [2.45, 2.75) is 32.7 Å². The molecule has 158 valence electrons. The van der Waals surface area contributed by atoms with Crippen LogP contribution in [-0.2, 0) is 7.05 Å². The number of aromatic nitrogens is 4. The van der Waals surface area contributed by atoms with Crippen molar-refractivity contribution in [3.05, 3.63) is 51.9 Å². The van der Waals surface area contributed by atoms with Gasteiger partial charge in [-0.2, -0.15) is 10.1 Å². The van der Waals surface area contributed by atoms with E-state index in [4.69, 9.17) is 5.73 Å². The summed E-state index contributed by atoms with van der Waals surface area (Å²) in [4.78, 5) is 11.2. The zero-order valence-electron chi connectivity index (χ0n) is 17.9. The molecule has 4 rings (SSSR count). The van der Waals surface area contributed by atoms with Crippen LogP contribution in [0.25, 0.3) is 11.1 Å². The molecule has 1 aliphatic rings. The Morgan fingerprint density at radius 2 is 2.03 bits per heavy atom. The molecule has 1 aromatic carbocycles. The van der Waals surface area contributed by atoms with Crippen LogP contribution in [0, 0.1) is 6.92 Å². The van der Waals surface area contributed by atoms with E-state index in [2.05, 4.69) is 86.2 Å². The third-order valence-electron chi connectivity index (χ3n) is 5.76. The molecule has 3 heterocycles. The lowest BCUT2D eigenvalue weighted by Crippen LogP contribution is -2.46. The number of nitrogens with zero attached hydrogens (tertiary/aromatic N) is 5. The summed E-state index contributed by atoms with van der Waals surface area (Å²) in [5.41, 5.74) is 11.7. The zero-order valence-corrected chi connectivity index (χ0v) is 19.4. The van der Waals surface area contributed by atoms with Crippen molar-refractivity contribution < 1.29 is 0 Å². The first-order valence-corrected chi connectivity index (χ1v) is 11.0. The third kappa shape index (κ3) is 4.06. The molecule has 0 radical (unpaired) electrons. The number of aryl methyl sites for hydroxylation is 1. The molecule has 1 atom stereocenters. The summed E-state index contributed by atoms with van der Waals surface area (Å²) in [5.74, 6) is 1.54. The largest absolute Gasteiger partial charge is 0.368 e. The molecule has 2 aromatic heterocycles. The van der Waals surface area contributed by atoms with E-state index in [0.29, 0.717) is 11.9 Å². The predicted molar refractivity (Wildman–Crippen MR) is 125 cm³/mol. The number of nitrogens with one attached hydrogen (secondary N) is 1. The minimum Gasteiger partial charge on any atom is -0.368 e. The summed E-state index contributed by atoms with van der Waals surface area (Å²) < 4.78 is 3.00. The summed E-state index contributed by atoms with van der Waals surface area (Å²) in [7, 11) is 1.97. The highest BCUT2D eigenvalue weighted by atomic mass is 79.9. The molecule has 30 heavy (non-hydrogen) atoms. The van der Waals surface area contributed by atoms with E-state index < -0.39 is 0 Å². The first-order valence-electron chi connectivity index (χ1n) is 10.2. The zero-order chi connectivity index (χ0) is 21.4. The van der Waals surface area contributed by atoms with Crippen molar-refractivity contribution in [2.75, 3.05) is 30.3 Å². The van der Waals surface area contributed by atoms with Gasteiger partial charge in [0.2, 0.25) is 5.95 Å². The minimum atomic E-state index is 0.170. The second-order valence-electron chi connectivity index (χ2n) is 8.12. The van der Waals surface area contributed by atoms with Crippen LogP contribution in [0.15, 0.2) is 34.9 Å². The molecule has 1 unspecified atom stereocenters. The van der Waals surface area contributed by atoms with E-state index >= 15 is 0 Å². The number of hydrogen-bond donors (Lipinski definition) is 2. The maximum absolute atomic E-state index is 5.99. The van der Waals surface area contributed by atoms with E-state index in [0.717, 1.165) is 46.9 Å². The van der Waals surface area contributed by atoms with Crippen molar-refractivity contribution in [3.8, 4) is 11.1 Å². The summed E-state index contributed by atoms with van der Waals surface area (Å²) >= 11 is 3.76. The lowest BCUT2D eigenvalue weighted by molar-refractivity contribution is 0.468. The van der Waals surface area contributed by atoms with Gasteiger partial charge in [0.15, 0.2) is 0 Å². The first-order chi connectivity index (χ1) is 14.3. The van der Waals surface area contributed by atoms with Crippen molar-refractivity contribution in [1.29, 1.82) is 0 Å². The number of rotatable bonds is 4. The van der Waals surface area contributed by atoms with Crippen molar-refractivity contribution in [3.63, 3.8) is 0 Å². The van der Waals surface area contributed by atoms with E-state index in [9.17, 15) is 0 Å². The average molecular weight is 470 g/mol. The van der Waals surface area contributed by atoms with Crippen LogP contribution < -0.4 is 16.0 Å². The van der Waals surface area contributed by atoms with Crippen molar-refractivity contribution >= 4 is 27.7 Å². The normalized spacial score (nSPS) is 17.0. The number of hydrogen-bond acceptors (Lipinski definition) is 6. The Kier molecular flexibility index (Phi) is 5.79. The van der Waals surface area contributed by atoms with Crippen LogP contribution in [0.4, 0.5) is 11.8 Å². The van der Waals surface area contributed by atoms with E-state index in [1.165, 1.54) is 11.1 Å². The quantitative estimate of drug-likeness (QED) is 0.604. The molecule has 3 N–H and O–H groups in total. The predicted octanol–water partition coefficient (Wildman–Crippen LogP) is 3.80. The Balaban J connectivity index is 1.64. The van der Waals surface area contributed by atoms with Gasteiger partial charge in [-0.1, -0.05) is 35.8 Å². The molecule has 0 spiro atoms. The molecule has 0 amide bonds. The minimum absolute atomic E-state index is 0.170. The van der Waals surface area contributed by atoms with Gasteiger partial charge in [0.05, 0.1) is 17.9 Å². The maximum Gasteiger partial charge on any atom is 0.222 e. The third-order valence-corrected chi connectivity index (χ3v) is 6.48. The Morgan fingerprint density at radius 1 is 1.23 bits per heavy atom. The van der Waals surface area contributed by atoms with Crippen LogP contribution in [0.5, 0.6) is 0 Å². The lowest BCUT2D eigenvalue weighted by Gasteiger charge is -2.35. The number of nitrogen functional groups attached to an aromatic ring is 1. The molecule has 3 aromatic rings.